The molecule has 0 saturated heterocycles. The molecule has 0 bridgehead atoms. The van der Waals surface area contributed by atoms with Crippen molar-refractivity contribution in [1.82, 2.24) is 9.97 Å². The van der Waals surface area contributed by atoms with Gasteiger partial charge in [0.1, 0.15) is 11.9 Å². The molecule has 1 aromatic heterocycles. The van der Waals surface area contributed by atoms with Gasteiger partial charge in [0.25, 0.3) is 0 Å². The third-order valence-electron chi connectivity index (χ3n) is 6.57. The van der Waals surface area contributed by atoms with E-state index in [9.17, 15) is 8.78 Å². The van der Waals surface area contributed by atoms with Crippen LogP contribution >= 0.6 is 0 Å². The second-order valence-corrected chi connectivity index (χ2v) is 9.69. The summed E-state index contributed by atoms with van der Waals surface area (Å²) in [5, 5.41) is 0. The van der Waals surface area contributed by atoms with Gasteiger partial charge in [-0.2, -0.15) is 0 Å². The van der Waals surface area contributed by atoms with Crippen LogP contribution in [0.25, 0.3) is 11.4 Å². The molecule has 5 heteroatoms. The van der Waals surface area contributed by atoms with Crippen LogP contribution in [-0.4, -0.2) is 28.9 Å². The topological polar surface area (TPSA) is 35.0 Å². The summed E-state index contributed by atoms with van der Waals surface area (Å²) in [6.07, 6.45) is 17.6. The summed E-state index contributed by atoms with van der Waals surface area (Å²) in [5.41, 5.74) is 2.12. The fourth-order valence-corrected chi connectivity index (χ4v) is 4.16. The summed E-state index contributed by atoms with van der Waals surface area (Å²) in [7, 11) is 0. The van der Waals surface area contributed by atoms with Crippen molar-refractivity contribution in [3.8, 4) is 17.1 Å². The lowest BCUT2D eigenvalue weighted by molar-refractivity contribution is 0.202. The van der Waals surface area contributed by atoms with E-state index in [0.29, 0.717) is 18.0 Å². The number of rotatable bonds is 20. The van der Waals surface area contributed by atoms with Crippen LogP contribution in [0.4, 0.5) is 8.78 Å². The van der Waals surface area contributed by atoms with Crippen LogP contribution in [0.3, 0.4) is 0 Å². The Morgan fingerprint density at radius 2 is 1.29 bits per heavy atom. The van der Waals surface area contributed by atoms with Crippen molar-refractivity contribution in [3.63, 3.8) is 0 Å². The van der Waals surface area contributed by atoms with Crippen LogP contribution in [0.15, 0.2) is 36.7 Å². The zero-order valence-electron chi connectivity index (χ0n) is 22.0. The van der Waals surface area contributed by atoms with Gasteiger partial charge in [-0.25, -0.2) is 18.7 Å². The maximum Gasteiger partial charge on any atom is 0.159 e. The van der Waals surface area contributed by atoms with E-state index in [1.807, 2.05) is 36.7 Å². The molecule has 0 aliphatic rings. The Morgan fingerprint density at radius 3 is 1.89 bits per heavy atom. The third kappa shape index (κ3) is 13.0. The monoisotopic (exact) mass is 488 g/mol. The summed E-state index contributed by atoms with van der Waals surface area (Å²) in [5.74, 6) is 1.39. The minimum atomic E-state index is -1.02. The van der Waals surface area contributed by atoms with E-state index in [1.54, 1.807) is 6.92 Å². The Bertz CT molecular complexity index is 767. The zero-order valence-corrected chi connectivity index (χ0v) is 22.0. The maximum atomic E-state index is 13.9. The van der Waals surface area contributed by atoms with E-state index in [1.165, 1.54) is 69.8 Å². The fourth-order valence-electron chi connectivity index (χ4n) is 4.16. The molecule has 0 radical (unpaired) electrons. The van der Waals surface area contributed by atoms with Gasteiger partial charge in [-0.05, 0) is 61.9 Å². The van der Waals surface area contributed by atoms with Crippen molar-refractivity contribution in [3.05, 3.63) is 42.2 Å². The molecular formula is C30H46F2N2O. The highest BCUT2D eigenvalue weighted by Gasteiger charge is 2.11. The summed E-state index contributed by atoms with van der Waals surface area (Å²) in [6.45, 7) is 4.33. The lowest BCUT2D eigenvalue weighted by atomic mass is 10.0. The maximum absolute atomic E-state index is 13.9. The number of halogens is 2. The van der Waals surface area contributed by atoms with E-state index in [0.717, 1.165) is 12.0 Å². The van der Waals surface area contributed by atoms with Crippen molar-refractivity contribution in [2.45, 2.75) is 123 Å². The van der Waals surface area contributed by atoms with E-state index >= 15 is 0 Å². The lowest BCUT2D eigenvalue weighted by Crippen LogP contribution is -2.10. The van der Waals surface area contributed by atoms with Crippen molar-refractivity contribution in [2.24, 2.45) is 0 Å². The van der Waals surface area contributed by atoms with Crippen molar-refractivity contribution >= 4 is 0 Å². The average Bonchev–Trinajstić information content (AvgIpc) is 2.89. The quantitative estimate of drug-likeness (QED) is 0.174. The number of hydrogen-bond donors (Lipinski definition) is 0. The molecule has 3 nitrogen and oxygen atoms in total. The van der Waals surface area contributed by atoms with Crippen LogP contribution in [0.5, 0.6) is 5.75 Å². The molecule has 1 aromatic carbocycles. The second-order valence-electron chi connectivity index (χ2n) is 9.69. The van der Waals surface area contributed by atoms with E-state index in [4.69, 9.17) is 4.74 Å². The SMILES string of the molecule is CCCCCCCCCCCCc1cnc(-c2ccc(OCCC(F)CCC(F)CC)cc2)nc1. The van der Waals surface area contributed by atoms with Gasteiger partial charge in [-0.15, -0.1) is 0 Å². The number of aromatic nitrogens is 2. The number of benzene rings is 1. The Labute approximate surface area is 212 Å². The molecule has 0 spiro atoms. The Hall–Kier alpha value is -2.04. The number of alkyl halides is 2. The first kappa shape index (κ1) is 29.2. The number of nitrogens with zero attached hydrogens (tertiary/aromatic N) is 2. The molecule has 0 N–H and O–H groups in total. The van der Waals surface area contributed by atoms with Crippen molar-refractivity contribution in [2.75, 3.05) is 6.61 Å². The molecular weight excluding hydrogens is 442 g/mol. The van der Waals surface area contributed by atoms with Crippen molar-refractivity contribution in [1.29, 1.82) is 0 Å². The minimum Gasteiger partial charge on any atom is -0.493 e. The van der Waals surface area contributed by atoms with Crippen LogP contribution in [-0.2, 0) is 6.42 Å². The standard InChI is InChI=1S/C30H46F2N2O/c1-3-5-6-7-8-9-10-11-12-13-14-25-23-33-30(34-24-25)26-15-19-29(20-16-26)35-22-21-28(32)18-17-27(31)4-2/h15-16,19-20,23-24,27-28H,3-14,17-18,21-22H2,1-2H3. The predicted octanol–water partition coefficient (Wildman–Crippen LogP) is 9.24. The van der Waals surface area contributed by atoms with Gasteiger partial charge in [-0.1, -0.05) is 71.6 Å². The van der Waals surface area contributed by atoms with Gasteiger partial charge in [-0.3, -0.25) is 0 Å². The first-order valence-corrected chi connectivity index (χ1v) is 13.9. The largest absolute Gasteiger partial charge is 0.493 e. The van der Waals surface area contributed by atoms with E-state index in [-0.39, 0.29) is 25.9 Å². The van der Waals surface area contributed by atoms with Gasteiger partial charge < -0.3 is 4.74 Å². The molecule has 0 aliphatic heterocycles. The van der Waals surface area contributed by atoms with Crippen LogP contribution in [0, 0.1) is 0 Å². The molecule has 1 heterocycles. The highest BCUT2D eigenvalue weighted by Crippen LogP contribution is 2.21. The fraction of sp³-hybridized carbons (Fsp3) is 0.667. The molecule has 0 fully saturated rings. The molecule has 35 heavy (non-hydrogen) atoms. The highest BCUT2D eigenvalue weighted by atomic mass is 19.1. The average molecular weight is 489 g/mol. The molecule has 0 aliphatic carbocycles. The van der Waals surface area contributed by atoms with Gasteiger partial charge in [0.2, 0.25) is 0 Å². The summed E-state index contributed by atoms with van der Waals surface area (Å²) < 4.78 is 32.7. The van der Waals surface area contributed by atoms with Gasteiger partial charge in [0, 0.05) is 24.4 Å². The highest BCUT2D eigenvalue weighted by molar-refractivity contribution is 5.55. The van der Waals surface area contributed by atoms with Crippen LogP contribution in [0.2, 0.25) is 0 Å². The second kappa shape index (κ2) is 18.3. The number of aryl methyl sites for hydroxylation is 1. The Morgan fingerprint density at radius 1 is 0.714 bits per heavy atom. The van der Waals surface area contributed by atoms with E-state index in [2.05, 4.69) is 16.9 Å². The van der Waals surface area contributed by atoms with Crippen LogP contribution < -0.4 is 4.74 Å². The predicted molar refractivity (Wildman–Crippen MR) is 142 cm³/mol. The van der Waals surface area contributed by atoms with Gasteiger partial charge >= 0.3 is 0 Å². The number of hydrogen-bond acceptors (Lipinski definition) is 3. The summed E-state index contributed by atoms with van der Waals surface area (Å²) in [4.78, 5) is 9.07. The Kier molecular flexibility index (Phi) is 15.2. The van der Waals surface area contributed by atoms with Gasteiger partial charge in [0.05, 0.1) is 12.8 Å². The molecule has 2 unspecified atom stereocenters. The Balaban J connectivity index is 1.61. The summed E-state index contributed by atoms with van der Waals surface area (Å²) in [6, 6.07) is 7.57. The van der Waals surface area contributed by atoms with Crippen molar-refractivity contribution < 1.29 is 13.5 Å². The minimum absolute atomic E-state index is 0.254. The molecule has 2 rings (SSSR count). The first-order valence-electron chi connectivity index (χ1n) is 13.9. The molecule has 0 saturated carbocycles. The lowest BCUT2D eigenvalue weighted by Gasteiger charge is -2.11. The normalized spacial score (nSPS) is 13.0. The number of unbranched alkanes of at least 4 members (excludes halogenated alkanes) is 9. The number of ether oxygens (including phenoxy) is 1. The summed E-state index contributed by atoms with van der Waals surface area (Å²) >= 11 is 0. The van der Waals surface area contributed by atoms with Crippen LogP contribution in [0.1, 0.15) is 109 Å². The molecule has 2 aromatic rings. The zero-order chi connectivity index (χ0) is 25.1. The molecule has 0 amide bonds. The first-order chi connectivity index (χ1) is 17.1. The molecule has 196 valence electrons. The molecule has 2 atom stereocenters. The van der Waals surface area contributed by atoms with E-state index < -0.39 is 12.3 Å². The van der Waals surface area contributed by atoms with Gasteiger partial charge in [0.15, 0.2) is 5.82 Å². The smallest absolute Gasteiger partial charge is 0.159 e. The third-order valence-corrected chi connectivity index (χ3v) is 6.57.